The van der Waals surface area contributed by atoms with Crippen molar-refractivity contribution >= 4 is 29.0 Å². The summed E-state index contributed by atoms with van der Waals surface area (Å²) in [7, 11) is 1.55. The number of nitro benzene ring substituents is 1. The van der Waals surface area contributed by atoms with Crippen molar-refractivity contribution in [2.24, 2.45) is 0 Å². The molecule has 3 aromatic carbocycles. The molecule has 27 heavy (non-hydrogen) atoms. The quantitative estimate of drug-likeness (QED) is 0.480. The Morgan fingerprint density at radius 3 is 2.37 bits per heavy atom. The number of anilines is 1. The van der Waals surface area contributed by atoms with Gasteiger partial charge in [0.1, 0.15) is 5.75 Å². The third-order valence-electron chi connectivity index (χ3n) is 3.76. The van der Waals surface area contributed by atoms with E-state index in [4.69, 9.17) is 4.74 Å². The number of nitro groups is 1. The second kappa shape index (κ2) is 8.37. The minimum Gasteiger partial charge on any atom is -0.495 e. The Kier molecular flexibility index (Phi) is 5.73. The minimum absolute atomic E-state index is 0.0292. The molecule has 7 heteroatoms. The molecule has 0 saturated carbocycles. The zero-order valence-electron chi connectivity index (χ0n) is 14.4. The van der Waals surface area contributed by atoms with E-state index in [0.717, 1.165) is 9.79 Å². The molecule has 0 aliphatic heterocycles. The summed E-state index contributed by atoms with van der Waals surface area (Å²) < 4.78 is 5.26. The van der Waals surface area contributed by atoms with Crippen molar-refractivity contribution in [3.8, 4) is 5.75 Å². The van der Waals surface area contributed by atoms with Crippen LogP contribution in [0.2, 0.25) is 0 Å². The lowest BCUT2D eigenvalue weighted by molar-refractivity contribution is -0.384. The van der Waals surface area contributed by atoms with Gasteiger partial charge in [-0.25, -0.2) is 0 Å². The molecule has 1 amide bonds. The minimum atomic E-state index is -0.441. The van der Waals surface area contributed by atoms with E-state index in [9.17, 15) is 14.9 Å². The number of hydrogen-bond donors (Lipinski definition) is 1. The monoisotopic (exact) mass is 380 g/mol. The number of hydrogen-bond acceptors (Lipinski definition) is 5. The van der Waals surface area contributed by atoms with Gasteiger partial charge in [0.25, 0.3) is 11.6 Å². The maximum absolute atomic E-state index is 12.8. The normalized spacial score (nSPS) is 10.3. The number of benzene rings is 3. The molecular formula is C20H16N2O4S. The first-order chi connectivity index (χ1) is 13.1. The molecule has 0 bridgehead atoms. The molecule has 0 fully saturated rings. The SMILES string of the molecule is COc1ccccc1NC(=O)c1ccccc1Sc1ccc([N+](=O)[O-])cc1. The first-order valence-corrected chi connectivity index (χ1v) is 8.86. The van der Waals surface area contributed by atoms with E-state index in [1.54, 1.807) is 43.5 Å². The van der Waals surface area contributed by atoms with Crippen molar-refractivity contribution in [1.29, 1.82) is 0 Å². The van der Waals surface area contributed by atoms with Crippen LogP contribution in [-0.2, 0) is 0 Å². The maximum Gasteiger partial charge on any atom is 0.269 e. The van der Waals surface area contributed by atoms with Gasteiger partial charge in [0, 0.05) is 21.9 Å². The Morgan fingerprint density at radius 2 is 1.67 bits per heavy atom. The van der Waals surface area contributed by atoms with Gasteiger partial charge in [-0.3, -0.25) is 14.9 Å². The van der Waals surface area contributed by atoms with Crippen LogP contribution in [0.4, 0.5) is 11.4 Å². The predicted molar refractivity (Wildman–Crippen MR) is 105 cm³/mol. The van der Waals surface area contributed by atoms with Crippen LogP contribution >= 0.6 is 11.8 Å². The summed E-state index contributed by atoms with van der Waals surface area (Å²) in [6, 6.07) is 20.6. The highest BCUT2D eigenvalue weighted by Gasteiger charge is 2.14. The molecule has 0 unspecified atom stereocenters. The van der Waals surface area contributed by atoms with Gasteiger partial charge in [0.15, 0.2) is 0 Å². The molecule has 0 aromatic heterocycles. The summed E-state index contributed by atoms with van der Waals surface area (Å²) in [5, 5.41) is 13.6. The van der Waals surface area contributed by atoms with Crippen molar-refractivity contribution in [3.05, 3.63) is 88.5 Å². The molecule has 0 spiro atoms. The van der Waals surface area contributed by atoms with E-state index >= 15 is 0 Å². The van der Waals surface area contributed by atoms with Gasteiger partial charge < -0.3 is 10.1 Å². The molecule has 6 nitrogen and oxygen atoms in total. The van der Waals surface area contributed by atoms with Crippen LogP contribution in [0.1, 0.15) is 10.4 Å². The van der Waals surface area contributed by atoms with Crippen molar-refractivity contribution < 1.29 is 14.5 Å². The van der Waals surface area contributed by atoms with Crippen molar-refractivity contribution in [1.82, 2.24) is 0 Å². The van der Waals surface area contributed by atoms with Gasteiger partial charge in [-0.1, -0.05) is 36.0 Å². The summed E-state index contributed by atoms with van der Waals surface area (Å²) >= 11 is 1.37. The van der Waals surface area contributed by atoms with E-state index in [-0.39, 0.29) is 11.6 Å². The fourth-order valence-corrected chi connectivity index (χ4v) is 3.39. The highest BCUT2D eigenvalue weighted by Crippen LogP contribution is 2.32. The third-order valence-corrected chi connectivity index (χ3v) is 4.85. The molecule has 0 heterocycles. The van der Waals surface area contributed by atoms with E-state index < -0.39 is 4.92 Å². The second-order valence-electron chi connectivity index (χ2n) is 5.50. The van der Waals surface area contributed by atoms with Crippen LogP contribution in [0.5, 0.6) is 5.75 Å². The Balaban J connectivity index is 1.83. The lowest BCUT2D eigenvalue weighted by Gasteiger charge is -2.12. The Labute approximate surface area is 160 Å². The fraction of sp³-hybridized carbons (Fsp3) is 0.0500. The van der Waals surface area contributed by atoms with E-state index in [1.165, 1.54) is 23.9 Å². The van der Waals surface area contributed by atoms with Crippen LogP contribution in [0.15, 0.2) is 82.6 Å². The molecule has 0 saturated heterocycles. The lowest BCUT2D eigenvalue weighted by atomic mass is 10.2. The van der Waals surface area contributed by atoms with E-state index in [1.807, 2.05) is 24.3 Å². The molecule has 0 aliphatic rings. The highest BCUT2D eigenvalue weighted by molar-refractivity contribution is 7.99. The van der Waals surface area contributed by atoms with Crippen molar-refractivity contribution in [2.45, 2.75) is 9.79 Å². The molecule has 1 N–H and O–H groups in total. The lowest BCUT2D eigenvalue weighted by Crippen LogP contribution is -2.13. The van der Waals surface area contributed by atoms with Gasteiger partial charge in [0.05, 0.1) is 23.3 Å². The van der Waals surface area contributed by atoms with Crippen LogP contribution < -0.4 is 10.1 Å². The molecule has 3 aromatic rings. The summed E-state index contributed by atoms with van der Waals surface area (Å²) in [6.07, 6.45) is 0. The number of rotatable bonds is 6. The van der Waals surface area contributed by atoms with Gasteiger partial charge in [-0.05, 0) is 36.4 Å². The molecular weight excluding hydrogens is 364 g/mol. The van der Waals surface area contributed by atoms with Crippen LogP contribution in [0.3, 0.4) is 0 Å². The number of ether oxygens (including phenoxy) is 1. The summed E-state index contributed by atoms with van der Waals surface area (Å²) in [5.41, 5.74) is 1.12. The zero-order chi connectivity index (χ0) is 19.2. The van der Waals surface area contributed by atoms with E-state index in [2.05, 4.69) is 5.32 Å². The standard InChI is InChI=1S/C20H16N2O4S/c1-26-18-8-4-3-7-17(18)21-20(23)16-6-2-5-9-19(16)27-15-12-10-14(11-13-15)22(24)25/h2-13H,1H3,(H,21,23). The van der Waals surface area contributed by atoms with Gasteiger partial charge in [-0.2, -0.15) is 0 Å². The number of nitrogens with zero attached hydrogens (tertiary/aromatic N) is 1. The Hall–Kier alpha value is -3.32. The number of nitrogens with one attached hydrogen (secondary N) is 1. The maximum atomic E-state index is 12.8. The Morgan fingerprint density at radius 1 is 1.00 bits per heavy atom. The summed E-state index contributed by atoms with van der Waals surface area (Å²) in [4.78, 5) is 24.7. The van der Waals surface area contributed by atoms with Crippen LogP contribution in [-0.4, -0.2) is 17.9 Å². The first-order valence-electron chi connectivity index (χ1n) is 8.04. The van der Waals surface area contributed by atoms with Crippen molar-refractivity contribution in [3.63, 3.8) is 0 Å². The molecule has 3 rings (SSSR count). The summed E-state index contributed by atoms with van der Waals surface area (Å²) in [5.74, 6) is 0.316. The highest BCUT2D eigenvalue weighted by atomic mass is 32.2. The van der Waals surface area contributed by atoms with E-state index in [0.29, 0.717) is 17.0 Å². The number of amides is 1. The average molecular weight is 380 g/mol. The zero-order valence-corrected chi connectivity index (χ0v) is 15.2. The molecule has 0 atom stereocenters. The largest absolute Gasteiger partial charge is 0.495 e. The topological polar surface area (TPSA) is 81.5 Å². The van der Waals surface area contributed by atoms with Gasteiger partial charge in [0.2, 0.25) is 0 Å². The molecule has 0 radical (unpaired) electrons. The van der Waals surface area contributed by atoms with Crippen LogP contribution in [0.25, 0.3) is 0 Å². The second-order valence-corrected chi connectivity index (χ2v) is 6.62. The fourth-order valence-electron chi connectivity index (χ4n) is 2.44. The first kappa shape index (κ1) is 18.5. The van der Waals surface area contributed by atoms with Gasteiger partial charge >= 0.3 is 0 Å². The Bertz CT molecular complexity index is 974. The average Bonchev–Trinajstić information content (AvgIpc) is 2.69. The smallest absolute Gasteiger partial charge is 0.269 e. The molecule has 0 aliphatic carbocycles. The predicted octanol–water partition coefficient (Wildman–Crippen LogP) is 5.01. The number of carbonyl (C=O) groups is 1. The molecule has 136 valence electrons. The van der Waals surface area contributed by atoms with Crippen LogP contribution in [0, 0.1) is 10.1 Å². The van der Waals surface area contributed by atoms with Gasteiger partial charge in [-0.15, -0.1) is 0 Å². The number of para-hydroxylation sites is 2. The number of non-ortho nitro benzene ring substituents is 1. The third kappa shape index (κ3) is 4.45. The summed E-state index contributed by atoms with van der Waals surface area (Å²) in [6.45, 7) is 0. The number of methoxy groups -OCH3 is 1. The van der Waals surface area contributed by atoms with Crippen molar-refractivity contribution in [2.75, 3.05) is 12.4 Å². The number of carbonyl (C=O) groups excluding carboxylic acids is 1.